The van der Waals surface area contributed by atoms with E-state index in [1.165, 1.54) is 0 Å². The number of aromatic nitrogens is 2. The van der Waals surface area contributed by atoms with Crippen LogP contribution in [0.25, 0.3) is 0 Å². The van der Waals surface area contributed by atoms with Gasteiger partial charge >= 0.3 is 0 Å². The first-order chi connectivity index (χ1) is 8.63. The zero-order valence-electron chi connectivity index (χ0n) is 11.0. The third kappa shape index (κ3) is 2.70. The Morgan fingerprint density at radius 3 is 2.89 bits per heavy atom. The fraction of sp³-hybridized carbons (Fsp3) is 0.667. The highest BCUT2D eigenvalue weighted by Gasteiger charge is 2.39. The van der Waals surface area contributed by atoms with E-state index in [1.807, 2.05) is 13.8 Å². The molecular weight excluding hydrogens is 232 g/mol. The first kappa shape index (κ1) is 13.0. The molecule has 0 bridgehead atoms. The number of hydrogen-bond acceptors (Lipinski definition) is 6. The molecule has 18 heavy (non-hydrogen) atoms. The van der Waals surface area contributed by atoms with Gasteiger partial charge in [0.15, 0.2) is 0 Å². The Labute approximate surface area is 107 Å². The molecule has 1 heterocycles. The van der Waals surface area contributed by atoms with Crippen molar-refractivity contribution in [3.05, 3.63) is 11.9 Å². The van der Waals surface area contributed by atoms with Gasteiger partial charge < -0.3 is 20.5 Å². The zero-order valence-corrected chi connectivity index (χ0v) is 11.0. The molecule has 1 aromatic rings. The van der Waals surface area contributed by atoms with E-state index in [0.29, 0.717) is 18.3 Å². The largest absolute Gasteiger partial charge is 0.481 e. The van der Waals surface area contributed by atoms with Gasteiger partial charge in [0.2, 0.25) is 5.88 Å². The highest BCUT2D eigenvalue weighted by molar-refractivity contribution is 5.41. The Kier molecular flexibility index (Phi) is 3.98. The van der Waals surface area contributed by atoms with Gasteiger partial charge in [0, 0.05) is 18.7 Å². The fourth-order valence-corrected chi connectivity index (χ4v) is 2.12. The van der Waals surface area contributed by atoms with Gasteiger partial charge in [-0.3, -0.25) is 0 Å². The van der Waals surface area contributed by atoms with Crippen molar-refractivity contribution in [1.29, 1.82) is 0 Å². The van der Waals surface area contributed by atoms with Crippen LogP contribution >= 0.6 is 0 Å². The molecule has 0 aliphatic heterocycles. The molecule has 3 unspecified atom stereocenters. The Balaban J connectivity index is 2.06. The van der Waals surface area contributed by atoms with Crippen LogP contribution < -0.4 is 15.8 Å². The second kappa shape index (κ2) is 5.49. The molecule has 100 valence electrons. The average Bonchev–Trinajstić information content (AvgIpc) is 2.35. The number of hydrogen-bond donors (Lipinski definition) is 2. The summed E-state index contributed by atoms with van der Waals surface area (Å²) in [5.74, 6) is 1.94. The van der Waals surface area contributed by atoms with Crippen LogP contribution in [0.15, 0.2) is 6.07 Å². The zero-order chi connectivity index (χ0) is 13.1. The van der Waals surface area contributed by atoms with Crippen LogP contribution in [0, 0.1) is 6.92 Å². The lowest BCUT2D eigenvalue weighted by atomic mass is 9.83. The standard InChI is InChI=1S/C12H20N4O2/c1-4-18-9-5-8(13)12(9)16-10-6-11(17-3)15-7(2)14-10/h6,8-9,12H,4-5,13H2,1-3H3,(H,14,15,16). The third-order valence-corrected chi connectivity index (χ3v) is 3.09. The smallest absolute Gasteiger partial charge is 0.218 e. The minimum Gasteiger partial charge on any atom is -0.481 e. The topological polar surface area (TPSA) is 82.3 Å². The summed E-state index contributed by atoms with van der Waals surface area (Å²) in [4.78, 5) is 8.46. The number of nitrogens with one attached hydrogen (secondary N) is 1. The molecular formula is C12H20N4O2. The predicted molar refractivity (Wildman–Crippen MR) is 68.7 cm³/mol. The minimum absolute atomic E-state index is 0.0998. The first-order valence-electron chi connectivity index (χ1n) is 6.17. The maximum absolute atomic E-state index is 5.98. The normalized spacial score (nSPS) is 26.6. The molecule has 3 atom stereocenters. The van der Waals surface area contributed by atoms with Gasteiger partial charge in [0.1, 0.15) is 11.6 Å². The van der Waals surface area contributed by atoms with E-state index < -0.39 is 0 Å². The Hall–Kier alpha value is -1.40. The molecule has 1 aromatic heterocycles. The SMILES string of the molecule is CCOC1CC(N)C1Nc1cc(OC)nc(C)n1. The van der Waals surface area contributed by atoms with Gasteiger partial charge in [-0.1, -0.05) is 0 Å². The summed E-state index contributed by atoms with van der Waals surface area (Å²) in [6, 6.07) is 1.97. The van der Waals surface area contributed by atoms with Crippen molar-refractivity contribution in [1.82, 2.24) is 9.97 Å². The van der Waals surface area contributed by atoms with E-state index in [0.717, 1.165) is 12.2 Å². The lowest BCUT2D eigenvalue weighted by molar-refractivity contribution is -0.0127. The molecule has 0 saturated heterocycles. The number of ether oxygens (including phenoxy) is 2. The maximum atomic E-state index is 5.98. The van der Waals surface area contributed by atoms with Gasteiger partial charge in [-0.15, -0.1) is 0 Å². The quantitative estimate of drug-likeness (QED) is 0.803. The predicted octanol–water partition coefficient (Wildman–Crippen LogP) is 0.710. The summed E-state index contributed by atoms with van der Waals surface area (Å²) in [6.45, 7) is 4.51. The van der Waals surface area contributed by atoms with Gasteiger partial charge in [-0.25, -0.2) is 4.98 Å². The number of anilines is 1. The Bertz CT molecular complexity index is 411. The highest BCUT2D eigenvalue weighted by atomic mass is 16.5. The average molecular weight is 252 g/mol. The van der Waals surface area contributed by atoms with E-state index in [4.69, 9.17) is 15.2 Å². The van der Waals surface area contributed by atoms with Crippen LogP contribution in [0.2, 0.25) is 0 Å². The molecule has 0 spiro atoms. The van der Waals surface area contributed by atoms with E-state index in [2.05, 4.69) is 15.3 Å². The summed E-state index contributed by atoms with van der Waals surface area (Å²) in [6.07, 6.45) is 1.04. The highest BCUT2D eigenvalue weighted by Crippen LogP contribution is 2.26. The molecule has 6 heteroatoms. The van der Waals surface area contributed by atoms with Gasteiger partial charge in [0.05, 0.1) is 19.3 Å². The number of nitrogens with zero attached hydrogens (tertiary/aromatic N) is 2. The molecule has 2 rings (SSSR count). The molecule has 6 nitrogen and oxygen atoms in total. The van der Waals surface area contributed by atoms with Gasteiger partial charge in [-0.05, 0) is 20.3 Å². The Morgan fingerprint density at radius 2 is 2.28 bits per heavy atom. The molecule has 0 amide bonds. The fourth-order valence-electron chi connectivity index (χ4n) is 2.12. The van der Waals surface area contributed by atoms with Crippen molar-refractivity contribution in [3.8, 4) is 5.88 Å². The summed E-state index contributed by atoms with van der Waals surface area (Å²) in [7, 11) is 1.59. The van der Waals surface area contributed by atoms with Gasteiger partial charge in [0.25, 0.3) is 0 Å². The van der Waals surface area contributed by atoms with Crippen LogP contribution in [0.1, 0.15) is 19.2 Å². The third-order valence-electron chi connectivity index (χ3n) is 3.09. The van der Waals surface area contributed by atoms with Crippen molar-refractivity contribution in [3.63, 3.8) is 0 Å². The maximum Gasteiger partial charge on any atom is 0.218 e. The first-order valence-corrected chi connectivity index (χ1v) is 6.17. The van der Waals surface area contributed by atoms with Crippen molar-refractivity contribution in [2.75, 3.05) is 19.0 Å². The van der Waals surface area contributed by atoms with E-state index in [1.54, 1.807) is 13.2 Å². The van der Waals surface area contributed by atoms with Crippen LogP contribution in [-0.4, -0.2) is 41.9 Å². The van der Waals surface area contributed by atoms with Crippen LogP contribution in [0.3, 0.4) is 0 Å². The van der Waals surface area contributed by atoms with Crippen molar-refractivity contribution in [2.24, 2.45) is 5.73 Å². The second-order valence-corrected chi connectivity index (χ2v) is 4.41. The summed E-state index contributed by atoms with van der Waals surface area (Å²) in [5.41, 5.74) is 5.98. The molecule has 1 aliphatic carbocycles. The number of rotatable bonds is 5. The van der Waals surface area contributed by atoms with Crippen LogP contribution in [-0.2, 0) is 4.74 Å². The van der Waals surface area contributed by atoms with Crippen molar-refractivity contribution >= 4 is 5.82 Å². The summed E-state index contributed by atoms with van der Waals surface area (Å²) < 4.78 is 10.7. The minimum atomic E-state index is 0.0998. The molecule has 0 aromatic carbocycles. The molecule has 0 radical (unpaired) electrons. The molecule has 3 N–H and O–H groups in total. The van der Waals surface area contributed by atoms with Crippen molar-refractivity contribution in [2.45, 2.75) is 38.5 Å². The summed E-state index contributed by atoms with van der Waals surface area (Å²) >= 11 is 0. The number of methoxy groups -OCH3 is 1. The van der Waals surface area contributed by atoms with Crippen molar-refractivity contribution < 1.29 is 9.47 Å². The lowest BCUT2D eigenvalue weighted by Gasteiger charge is -2.42. The molecule has 1 fully saturated rings. The van der Waals surface area contributed by atoms with Crippen LogP contribution in [0.4, 0.5) is 5.82 Å². The lowest BCUT2D eigenvalue weighted by Crippen LogP contribution is -2.60. The number of aryl methyl sites for hydroxylation is 1. The molecule has 1 aliphatic rings. The summed E-state index contributed by atoms with van der Waals surface area (Å²) in [5, 5.41) is 3.30. The second-order valence-electron chi connectivity index (χ2n) is 4.41. The van der Waals surface area contributed by atoms with Crippen LogP contribution in [0.5, 0.6) is 5.88 Å². The Morgan fingerprint density at radius 1 is 1.50 bits per heavy atom. The molecule has 1 saturated carbocycles. The number of nitrogens with two attached hydrogens (primary N) is 1. The van der Waals surface area contributed by atoms with E-state index in [-0.39, 0.29) is 18.2 Å². The van der Waals surface area contributed by atoms with E-state index in [9.17, 15) is 0 Å². The van der Waals surface area contributed by atoms with E-state index >= 15 is 0 Å². The van der Waals surface area contributed by atoms with Gasteiger partial charge in [-0.2, -0.15) is 4.98 Å². The monoisotopic (exact) mass is 252 g/mol.